The van der Waals surface area contributed by atoms with E-state index in [-0.39, 0.29) is 17.6 Å². The van der Waals surface area contributed by atoms with Crippen LogP contribution in [0.25, 0.3) is 16.9 Å². The number of rotatable bonds is 5. The molecule has 1 aromatic carbocycles. The summed E-state index contributed by atoms with van der Waals surface area (Å²) in [5, 5.41) is 12.7. The number of aryl methyl sites for hydroxylation is 2. The van der Waals surface area contributed by atoms with Gasteiger partial charge in [-0.15, -0.1) is 0 Å². The second-order valence-electron chi connectivity index (χ2n) is 7.93. The predicted octanol–water partition coefficient (Wildman–Crippen LogP) is 2.63. The van der Waals surface area contributed by atoms with Crippen LogP contribution < -0.4 is 15.6 Å². The van der Waals surface area contributed by atoms with Crippen LogP contribution in [0.3, 0.4) is 0 Å². The molecule has 1 fully saturated rings. The fourth-order valence-electron chi connectivity index (χ4n) is 4.03. The van der Waals surface area contributed by atoms with E-state index in [9.17, 15) is 4.79 Å². The summed E-state index contributed by atoms with van der Waals surface area (Å²) in [5.74, 6) is 1.54. The van der Waals surface area contributed by atoms with Crippen LogP contribution in [-0.2, 0) is 4.74 Å². The molecule has 1 aliphatic heterocycles. The smallest absolute Gasteiger partial charge is 0.267 e. The fourth-order valence-corrected chi connectivity index (χ4v) is 4.03. The van der Waals surface area contributed by atoms with Gasteiger partial charge in [0.15, 0.2) is 5.65 Å². The Bertz CT molecular complexity index is 1350. The number of hydrogen-bond donors (Lipinski definition) is 1. The van der Waals surface area contributed by atoms with Crippen molar-refractivity contribution in [2.75, 3.05) is 25.6 Å². The molecule has 1 aliphatic rings. The van der Waals surface area contributed by atoms with Crippen LogP contribution in [0.4, 0.5) is 5.82 Å². The minimum absolute atomic E-state index is 0.157. The number of methoxy groups -OCH3 is 1. The second kappa shape index (κ2) is 8.08. The number of anilines is 1. The van der Waals surface area contributed by atoms with Crippen LogP contribution in [-0.4, -0.2) is 50.7 Å². The van der Waals surface area contributed by atoms with E-state index in [4.69, 9.17) is 9.47 Å². The highest BCUT2D eigenvalue weighted by Crippen LogP contribution is 2.25. The van der Waals surface area contributed by atoms with Gasteiger partial charge in [0.1, 0.15) is 17.6 Å². The van der Waals surface area contributed by atoms with Crippen molar-refractivity contribution in [3.8, 4) is 17.0 Å². The molecule has 0 saturated carbocycles. The van der Waals surface area contributed by atoms with Crippen LogP contribution in [0, 0.1) is 13.8 Å². The third-order valence-electron chi connectivity index (χ3n) is 5.57. The molecule has 4 aromatic rings. The molecule has 0 bridgehead atoms. The van der Waals surface area contributed by atoms with E-state index in [2.05, 4.69) is 20.5 Å². The molecule has 164 valence electrons. The van der Waals surface area contributed by atoms with Crippen molar-refractivity contribution in [2.24, 2.45) is 0 Å². The van der Waals surface area contributed by atoms with E-state index in [0.717, 1.165) is 34.2 Å². The first kappa shape index (κ1) is 20.2. The summed E-state index contributed by atoms with van der Waals surface area (Å²) in [6, 6.07) is 14.3. The van der Waals surface area contributed by atoms with Crippen molar-refractivity contribution in [1.82, 2.24) is 24.4 Å². The largest absolute Gasteiger partial charge is 0.497 e. The van der Waals surface area contributed by atoms with Gasteiger partial charge in [0.25, 0.3) is 5.56 Å². The second-order valence-corrected chi connectivity index (χ2v) is 7.93. The van der Waals surface area contributed by atoms with E-state index >= 15 is 0 Å². The maximum atomic E-state index is 12.7. The summed E-state index contributed by atoms with van der Waals surface area (Å²) in [4.78, 5) is 17.3. The van der Waals surface area contributed by atoms with Crippen LogP contribution in [0.5, 0.6) is 5.75 Å². The molecule has 4 heterocycles. The third-order valence-corrected chi connectivity index (χ3v) is 5.57. The van der Waals surface area contributed by atoms with Crippen LogP contribution >= 0.6 is 0 Å². The highest BCUT2D eigenvalue weighted by Gasteiger charge is 2.32. The summed E-state index contributed by atoms with van der Waals surface area (Å²) in [5.41, 5.74) is 3.93. The van der Waals surface area contributed by atoms with Gasteiger partial charge in [-0.2, -0.15) is 14.7 Å². The number of aromatic nitrogens is 5. The first-order chi connectivity index (χ1) is 15.5. The summed E-state index contributed by atoms with van der Waals surface area (Å²) in [7, 11) is 1.62. The SMILES string of the molecule is COc1cccc(-c2ccc(=O)n(C3COCC3Nc3cc(C)nc4cc(C)nn34)n2)c1. The Morgan fingerprint density at radius 3 is 2.78 bits per heavy atom. The van der Waals surface area contributed by atoms with Crippen molar-refractivity contribution in [3.63, 3.8) is 0 Å². The minimum Gasteiger partial charge on any atom is -0.497 e. The van der Waals surface area contributed by atoms with E-state index in [1.165, 1.54) is 4.68 Å². The summed E-state index contributed by atoms with van der Waals surface area (Å²) in [6.07, 6.45) is 0. The Labute approximate surface area is 184 Å². The Balaban J connectivity index is 1.49. The average molecular weight is 432 g/mol. The van der Waals surface area contributed by atoms with Crippen LogP contribution in [0.2, 0.25) is 0 Å². The summed E-state index contributed by atoms with van der Waals surface area (Å²) < 4.78 is 14.4. The van der Waals surface area contributed by atoms with Gasteiger partial charge in [-0.1, -0.05) is 12.1 Å². The zero-order valence-corrected chi connectivity index (χ0v) is 18.1. The summed E-state index contributed by atoms with van der Waals surface area (Å²) in [6.45, 7) is 4.71. The molecule has 2 unspecified atom stereocenters. The Morgan fingerprint density at radius 1 is 1.06 bits per heavy atom. The molecule has 0 aliphatic carbocycles. The zero-order chi connectivity index (χ0) is 22.2. The maximum Gasteiger partial charge on any atom is 0.267 e. The van der Waals surface area contributed by atoms with Crippen molar-refractivity contribution < 1.29 is 9.47 Å². The molecule has 1 N–H and O–H groups in total. The van der Waals surface area contributed by atoms with Crippen molar-refractivity contribution in [1.29, 1.82) is 0 Å². The lowest BCUT2D eigenvalue weighted by atomic mass is 10.1. The standard InChI is InChI=1S/C23H24N6O3/c1-14-9-22(29-21(24-14)10-15(2)26-29)25-19-12-32-13-20(19)28-23(30)8-7-18(27-28)16-5-4-6-17(11-16)31-3/h4-11,19-20,25H,12-13H2,1-3H3. The monoisotopic (exact) mass is 432 g/mol. The lowest BCUT2D eigenvalue weighted by Crippen LogP contribution is -2.37. The van der Waals surface area contributed by atoms with Crippen molar-refractivity contribution in [2.45, 2.75) is 25.9 Å². The normalized spacial score (nSPS) is 18.2. The van der Waals surface area contributed by atoms with E-state index in [0.29, 0.717) is 18.9 Å². The van der Waals surface area contributed by atoms with Gasteiger partial charge in [-0.05, 0) is 32.0 Å². The highest BCUT2D eigenvalue weighted by atomic mass is 16.5. The predicted molar refractivity (Wildman–Crippen MR) is 120 cm³/mol. The van der Waals surface area contributed by atoms with Gasteiger partial charge < -0.3 is 14.8 Å². The number of nitrogens with zero attached hydrogens (tertiary/aromatic N) is 5. The number of hydrogen-bond acceptors (Lipinski definition) is 7. The Hall–Kier alpha value is -3.72. The van der Waals surface area contributed by atoms with E-state index in [1.807, 2.05) is 50.2 Å². The first-order valence-electron chi connectivity index (χ1n) is 10.4. The molecule has 32 heavy (non-hydrogen) atoms. The number of nitrogens with one attached hydrogen (secondary N) is 1. The van der Waals surface area contributed by atoms with Gasteiger partial charge in [0.2, 0.25) is 0 Å². The van der Waals surface area contributed by atoms with Crippen LogP contribution in [0.1, 0.15) is 17.4 Å². The maximum absolute atomic E-state index is 12.7. The topological polar surface area (TPSA) is 95.6 Å². The molecule has 9 heteroatoms. The molecule has 9 nitrogen and oxygen atoms in total. The molecular weight excluding hydrogens is 408 g/mol. The molecule has 0 amide bonds. The average Bonchev–Trinajstić information content (AvgIpc) is 3.39. The van der Waals surface area contributed by atoms with Gasteiger partial charge in [0, 0.05) is 29.5 Å². The van der Waals surface area contributed by atoms with Crippen LogP contribution in [0.15, 0.2) is 53.3 Å². The molecule has 2 atom stereocenters. The first-order valence-corrected chi connectivity index (χ1v) is 10.4. The third kappa shape index (κ3) is 3.71. The molecule has 3 aromatic heterocycles. The van der Waals surface area contributed by atoms with Crippen molar-refractivity contribution >= 4 is 11.5 Å². The highest BCUT2D eigenvalue weighted by molar-refractivity contribution is 5.60. The Morgan fingerprint density at radius 2 is 1.94 bits per heavy atom. The zero-order valence-electron chi connectivity index (χ0n) is 18.1. The van der Waals surface area contributed by atoms with Gasteiger partial charge >= 0.3 is 0 Å². The molecule has 5 rings (SSSR count). The number of benzene rings is 1. The molecule has 1 saturated heterocycles. The van der Waals surface area contributed by atoms with E-state index < -0.39 is 0 Å². The summed E-state index contributed by atoms with van der Waals surface area (Å²) >= 11 is 0. The van der Waals surface area contributed by atoms with Gasteiger partial charge in [0.05, 0.1) is 37.8 Å². The molecule has 0 radical (unpaired) electrons. The molecular formula is C23H24N6O3. The van der Waals surface area contributed by atoms with Gasteiger partial charge in [-0.3, -0.25) is 4.79 Å². The quantitative estimate of drug-likeness (QED) is 0.518. The number of ether oxygens (including phenoxy) is 2. The van der Waals surface area contributed by atoms with Crippen molar-refractivity contribution in [3.05, 3.63) is 70.3 Å². The van der Waals surface area contributed by atoms with Gasteiger partial charge in [-0.25, -0.2) is 9.67 Å². The lowest BCUT2D eigenvalue weighted by Gasteiger charge is -2.22. The number of fused-ring (bicyclic) bond motifs is 1. The van der Waals surface area contributed by atoms with E-state index in [1.54, 1.807) is 23.8 Å². The lowest BCUT2D eigenvalue weighted by molar-refractivity contribution is 0.183. The fraction of sp³-hybridized carbons (Fsp3) is 0.304. The minimum atomic E-state index is -0.270. The molecule has 0 spiro atoms. The Kier molecular flexibility index (Phi) is 5.10.